The molecule has 3 rings (SSSR count). The average Bonchev–Trinajstić information content (AvgIpc) is 3.26. The molecular weight excluding hydrogens is 288 g/mol. The van der Waals surface area contributed by atoms with Crippen LogP contribution >= 0.6 is 11.6 Å². The van der Waals surface area contributed by atoms with E-state index in [-0.39, 0.29) is 0 Å². The third kappa shape index (κ3) is 3.58. The molecular formula is C16H17ClN2O2. The number of benzene rings is 1. The van der Waals surface area contributed by atoms with Gasteiger partial charge in [-0.15, -0.1) is 0 Å². The molecule has 0 spiro atoms. The smallest absolute Gasteiger partial charge is 0.240 e. The summed E-state index contributed by atoms with van der Waals surface area (Å²) in [7, 11) is 0. The van der Waals surface area contributed by atoms with Crippen LogP contribution < -0.4 is 15.2 Å². The van der Waals surface area contributed by atoms with Gasteiger partial charge in [0, 0.05) is 11.1 Å². The fourth-order valence-electron chi connectivity index (χ4n) is 1.93. The first kappa shape index (κ1) is 14.0. The molecule has 2 aromatic rings. The minimum atomic E-state index is 0.436. The van der Waals surface area contributed by atoms with Gasteiger partial charge in [0.1, 0.15) is 5.75 Å². The van der Waals surface area contributed by atoms with E-state index in [0.29, 0.717) is 40.7 Å². The third-order valence-corrected chi connectivity index (χ3v) is 3.60. The maximum absolute atomic E-state index is 5.93. The van der Waals surface area contributed by atoms with E-state index in [1.165, 1.54) is 12.8 Å². The summed E-state index contributed by atoms with van der Waals surface area (Å²) in [5, 5.41) is 0.679. The van der Waals surface area contributed by atoms with E-state index < -0.39 is 0 Å². The molecule has 110 valence electrons. The summed E-state index contributed by atoms with van der Waals surface area (Å²) in [6.07, 6.45) is 2.44. The molecule has 1 fully saturated rings. The van der Waals surface area contributed by atoms with Crippen molar-refractivity contribution in [3.63, 3.8) is 0 Å². The van der Waals surface area contributed by atoms with Gasteiger partial charge in [0.15, 0.2) is 0 Å². The van der Waals surface area contributed by atoms with Crippen molar-refractivity contribution < 1.29 is 9.47 Å². The van der Waals surface area contributed by atoms with Crippen LogP contribution in [0, 0.1) is 12.8 Å². The van der Waals surface area contributed by atoms with Crippen molar-refractivity contribution in [2.45, 2.75) is 19.8 Å². The molecule has 1 aromatic carbocycles. The van der Waals surface area contributed by atoms with Crippen LogP contribution in [0.25, 0.3) is 0 Å². The first-order valence-corrected chi connectivity index (χ1v) is 7.33. The first-order chi connectivity index (χ1) is 10.1. The summed E-state index contributed by atoms with van der Waals surface area (Å²) >= 11 is 5.93. The van der Waals surface area contributed by atoms with Crippen molar-refractivity contribution in [3.8, 4) is 17.5 Å². The summed E-state index contributed by atoms with van der Waals surface area (Å²) in [4.78, 5) is 4.33. The normalized spacial score (nSPS) is 14.0. The predicted octanol–water partition coefficient (Wildman–Crippen LogP) is 4.21. The molecule has 1 aliphatic carbocycles. The molecule has 0 saturated heterocycles. The topological polar surface area (TPSA) is 57.4 Å². The third-order valence-electron chi connectivity index (χ3n) is 3.37. The summed E-state index contributed by atoms with van der Waals surface area (Å²) in [6, 6.07) is 8.92. The van der Waals surface area contributed by atoms with Gasteiger partial charge in [0.25, 0.3) is 0 Å². The summed E-state index contributed by atoms with van der Waals surface area (Å²) < 4.78 is 11.4. The molecule has 0 amide bonds. The molecule has 1 aliphatic rings. The molecule has 1 aromatic heterocycles. The highest BCUT2D eigenvalue weighted by molar-refractivity contribution is 6.30. The summed E-state index contributed by atoms with van der Waals surface area (Å²) in [5.41, 5.74) is 7.35. The second-order valence-corrected chi connectivity index (χ2v) is 5.75. The SMILES string of the molecule is Cc1cc(Cl)ccc1Oc1ccc(N)c(OCC2CC2)n1. The maximum atomic E-state index is 5.93. The van der Waals surface area contributed by atoms with Crippen molar-refractivity contribution in [2.24, 2.45) is 5.92 Å². The molecule has 1 saturated carbocycles. The highest BCUT2D eigenvalue weighted by atomic mass is 35.5. The fraction of sp³-hybridized carbons (Fsp3) is 0.312. The Labute approximate surface area is 128 Å². The van der Waals surface area contributed by atoms with Crippen LogP contribution in [0.5, 0.6) is 17.5 Å². The molecule has 5 heteroatoms. The van der Waals surface area contributed by atoms with Crippen LogP contribution in [0.1, 0.15) is 18.4 Å². The van der Waals surface area contributed by atoms with E-state index in [1.54, 1.807) is 18.2 Å². The van der Waals surface area contributed by atoms with Crippen LogP contribution in [0.4, 0.5) is 5.69 Å². The minimum Gasteiger partial charge on any atom is -0.476 e. The van der Waals surface area contributed by atoms with Gasteiger partial charge < -0.3 is 15.2 Å². The van der Waals surface area contributed by atoms with Crippen LogP contribution in [0.3, 0.4) is 0 Å². The highest BCUT2D eigenvalue weighted by Crippen LogP contribution is 2.32. The lowest BCUT2D eigenvalue weighted by atomic mass is 10.2. The van der Waals surface area contributed by atoms with Gasteiger partial charge >= 0.3 is 0 Å². The van der Waals surface area contributed by atoms with E-state index in [0.717, 1.165) is 5.56 Å². The number of rotatable bonds is 5. The molecule has 0 radical (unpaired) electrons. The largest absolute Gasteiger partial charge is 0.476 e. The number of ether oxygens (including phenoxy) is 2. The molecule has 2 N–H and O–H groups in total. The quantitative estimate of drug-likeness (QED) is 0.899. The Bertz CT molecular complexity index is 657. The Balaban J connectivity index is 1.76. The zero-order valence-electron chi connectivity index (χ0n) is 11.8. The van der Waals surface area contributed by atoms with Gasteiger partial charge in [0.05, 0.1) is 12.3 Å². The summed E-state index contributed by atoms with van der Waals surface area (Å²) in [5.74, 6) is 2.26. The molecule has 0 aliphatic heterocycles. The number of nitrogens with two attached hydrogens (primary N) is 1. The van der Waals surface area contributed by atoms with E-state index in [4.69, 9.17) is 26.8 Å². The number of nitrogen functional groups attached to an aromatic ring is 1. The van der Waals surface area contributed by atoms with Gasteiger partial charge in [-0.25, -0.2) is 0 Å². The minimum absolute atomic E-state index is 0.436. The van der Waals surface area contributed by atoms with Gasteiger partial charge in [-0.05, 0) is 55.5 Å². The van der Waals surface area contributed by atoms with Crippen LogP contribution in [-0.4, -0.2) is 11.6 Å². The number of pyridine rings is 1. The number of hydrogen-bond acceptors (Lipinski definition) is 4. The van der Waals surface area contributed by atoms with Crippen LogP contribution in [0.15, 0.2) is 30.3 Å². The lowest BCUT2D eigenvalue weighted by molar-refractivity contribution is 0.286. The molecule has 1 heterocycles. The second-order valence-electron chi connectivity index (χ2n) is 5.31. The number of aryl methyl sites for hydroxylation is 1. The standard InChI is InChI=1S/C16H17ClN2O2/c1-10-8-12(17)4-6-14(10)21-15-7-5-13(18)16(19-15)20-9-11-2-3-11/h4-8,11H,2-3,9,18H2,1H3. The fourth-order valence-corrected chi connectivity index (χ4v) is 2.15. The zero-order valence-corrected chi connectivity index (χ0v) is 12.6. The van der Waals surface area contributed by atoms with Crippen LogP contribution in [-0.2, 0) is 0 Å². The van der Waals surface area contributed by atoms with Crippen molar-refractivity contribution in [1.82, 2.24) is 4.98 Å². The molecule has 21 heavy (non-hydrogen) atoms. The lowest BCUT2D eigenvalue weighted by Gasteiger charge is -2.11. The number of halogens is 1. The molecule has 0 atom stereocenters. The van der Waals surface area contributed by atoms with Crippen molar-refractivity contribution in [3.05, 3.63) is 40.9 Å². The molecule has 4 nitrogen and oxygen atoms in total. The van der Waals surface area contributed by atoms with E-state index in [9.17, 15) is 0 Å². The van der Waals surface area contributed by atoms with E-state index in [1.807, 2.05) is 19.1 Å². The Hall–Kier alpha value is -1.94. The van der Waals surface area contributed by atoms with Crippen molar-refractivity contribution >= 4 is 17.3 Å². The Morgan fingerprint density at radius 1 is 1.29 bits per heavy atom. The Kier molecular flexibility index (Phi) is 3.88. The first-order valence-electron chi connectivity index (χ1n) is 6.95. The number of aromatic nitrogens is 1. The predicted molar refractivity (Wildman–Crippen MR) is 83.1 cm³/mol. The lowest BCUT2D eigenvalue weighted by Crippen LogP contribution is -2.04. The number of nitrogens with zero attached hydrogens (tertiary/aromatic N) is 1. The van der Waals surface area contributed by atoms with Crippen LogP contribution in [0.2, 0.25) is 5.02 Å². The van der Waals surface area contributed by atoms with Crippen molar-refractivity contribution in [2.75, 3.05) is 12.3 Å². The van der Waals surface area contributed by atoms with Gasteiger partial charge in [0.2, 0.25) is 11.8 Å². The maximum Gasteiger partial charge on any atom is 0.240 e. The number of hydrogen-bond donors (Lipinski definition) is 1. The molecule has 0 unspecified atom stereocenters. The number of anilines is 1. The summed E-state index contributed by atoms with van der Waals surface area (Å²) in [6.45, 7) is 2.60. The Morgan fingerprint density at radius 2 is 2.10 bits per heavy atom. The molecule has 0 bridgehead atoms. The average molecular weight is 305 g/mol. The van der Waals surface area contributed by atoms with E-state index >= 15 is 0 Å². The van der Waals surface area contributed by atoms with E-state index in [2.05, 4.69) is 4.98 Å². The van der Waals surface area contributed by atoms with Gasteiger partial charge in [-0.1, -0.05) is 11.6 Å². The monoisotopic (exact) mass is 304 g/mol. The zero-order chi connectivity index (χ0) is 14.8. The Morgan fingerprint density at radius 3 is 2.81 bits per heavy atom. The van der Waals surface area contributed by atoms with Gasteiger partial charge in [-0.3, -0.25) is 0 Å². The van der Waals surface area contributed by atoms with Gasteiger partial charge in [-0.2, -0.15) is 4.98 Å². The second kappa shape index (κ2) is 5.82. The highest BCUT2D eigenvalue weighted by Gasteiger charge is 2.22. The van der Waals surface area contributed by atoms with Crippen molar-refractivity contribution in [1.29, 1.82) is 0 Å².